The normalized spacial score (nSPS) is 20.2. The maximum atomic E-state index is 5.81. The van der Waals surface area contributed by atoms with Crippen molar-refractivity contribution in [2.75, 3.05) is 24.6 Å². The standard InChI is InChI=1S/C19H21BrN6O/c20-15-9-22-19(23-10-15)27-12-13-2-1-6-25(11-13)18-17-8-16(14-3-4-14)24-26(17)7-5-21-18/h5,7-10,13-14H,1-4,6,11-12H2. The lowest BCUT2D eigenvalue weighted by atomic mass is 9.99. The third-order valence-corrected chi connectivity index (χ3v) is 5.66. The second kappa shape index (κ2) is 7.07. The van der Waals surface area contributed by atoms with Crippen LogP contribution in [0.4, 0.5) is 5.82 Å². The zero-order chi connectivity index (χ0) is 18.2. The van der Waals surface area contributed by atoms with E-state index < -0.39 is 0 Å². The monoisotopic (exact) mass is 428 g/mol. The fourth-order valence-electron chi connectivity index (χ4n) is 3.71. The number of anilines is 1. The van der Waals surface area contributed by atoms with E-state index in [1.54, 1.807) is 12.4 Å². The summed E-state index contributed by atoms with van der Waals surface area (Å²) in [6, 6.07) is 2.65. The predicted molar refractivity (Wildman–Crippen MR) is 105 cm³/mol. The molecule has 0 N–H and O–H groups in total. The molecule has 140 valence electrons. The molecule has 1 saturated carbocycles. The fourth-order valence-corrected chi connectivity index (χ4v) is 3.92. The van der Waals surface area contributed by atoms with Gasteiger partial charge in [0.15, 0.2) is 5.82 Å². The number of hydrogen-bond acceptors (Lipinski definition) is 6. The number of nitrogens with zero attached hydrogens (tertiary/aromatic N) is 6. The van der Waals surface area contributed by atoms with Gasteiger partial charge in [0.25, 0.3) is 0 Å². The quantitative estimate of drug-likeness (QED) is 0.619. The SMILES string of the molecule is Brc1cnc(OCC2CCCN(c3nccn4nc(C5CC5)cc34)C2)nc1. The molecule has 0 amide bonds. The zero-order valence-electron chi connectivity index (χ0n) is 15.0. The molecule has 1 aliphatic carbocycles. The predicted octanol–water partition coefficient (Wildman–Crippen LogP) is 3.45. The highest BCUT2D eigenvalue weighted by molar-refractivity contribution is 9.10. The van der Waals surface area contributed by atoms with E-state index in [0.717, 1.165) is 41.7 Å². The lowest BCUT2D eigenvalue weighted by Crippen LogP contribution is -2.38. The van der Waals surface area contributed by atoms with Crippen LogP contribution in [0.5, 0.6) is 6.01 Å². The Kier molecular flexibility index (Phi) is 4.43. The van der Waals surface area contributed by atoms with Gasteiger partial charge in [-0.3, -0.25) is 0 Å². The largest absolute Gasteiger partial charge is 0.463 e. The topological polar surface area (TPSA) is 68.4 Å². The molecule has 5 rings (SSSR count). The molecule has 27 heavy (non-hydrogen) atoms. The third kappa shape index (κ3) is 3.63. The van der Waals surface area contributed by atoms with Gasteiger partial charge in [-0.25, -0.2) is 19.5 Å². The highest BCUT2D eigenvalue weighted by Gasteiger charge is 2.28. The minimum absolute atomic E-state index is 0.430. The van der Waals surface area contributed by atoms with E-state index in [9.17, 15) is 0 Å². The van der Waals surface area contributed by atoms with Crippen molar-refractivity contribution in [1.82, 2.24) is 24.6 Å². The Hall–Kier alpha value is -2.22. The Morgan fingerprint density at radius 3 is 2.81 bits per heavy atom. The summed E-state index contributed by atoms with van der Waals surface area (Å²) in [5.74, 6) is 2.10. The molecule has 1 atom stereocenters. The summed E-state index contributed by atoms with van der Waals surface area (Å²) in [6.45, 7) is 2.56. The molecule has 8 heteroatoms. The van der Waals surface area contributed by atoms with Gasteiger partial charge in [0, 0.05) is 49.7 Å². The van der Waals surface area contributed by atoms with Crippen LogP contribution in [0, 0.1) is 5.92 Å². The molecular weight excluding hydrogens is 408 g/mol. The van der Waals surface area contributed by atoms with Crippen molar-refractivity contribution in [2.45, 2.75) is 31.6 Å². The molecule has 0 spiro atoms. The molecular formula is C19H21BrN6O. The molecule has 0 bridgehead atoms. The summed E-state index contributed by atoms with van der Waals surface area (Å²) in [6.07, 6.45) is 12.0. The molecule has 3 aromatic rings. The highest BCUT2D eigenvalue weighted by Crippen LogP contribution is 2.40. The number of ether oxygens (including phenoxy) is 1. The van der Waals surface area contributed by atoms with Crippen LogP contribution in [-0.2, 0) is 0 Å². The lowest BCUT2D eigenvalue weighted by molar-refractivity contribution is 0.214. The van der Waals surface area contributed by atoms with Crippen molar-refractivity contribution in [3.63, 3.8) is 0 Å². The van der Waals surface area contributed by atoms with Crippen molar-refractivity contribution >= 4 is 27.3 Å². The van der Waals surface area contributed by atoms with Crippen molar-refractivity contribution in [2.24, 2.45) is 5.92 Å². The van der Waals surface area contributed by atoms with E-state index in [4.69, 9.17) is 9.84 Å². The van der Waals surface area contributed by atoms with Crippen LogP contribution in [0.25, 0.3) is 5.52 Å². The van der Waals surface area contributed by atoms with E-state index in [1.165, 1.54) is 18.5 Å². The molecule has 7 nitrogen and oxygen atoms in total. The van der Waals surface area contributed by atoms with Crippen LogP contribution in [0.2, 0.25) is 0 Å². The summed E-state index contributed by atoms with van der Waals surface area (Å²) in [4.78, 5) is 15.4. The van der Waals surface area contributed by atoms with Crippen molar-refractivity contribution < 1.29 is 4.74 Å². The first-order chi connectivity index (χ1) is 13.3. The van der Waals surface area contributed by atoms with Gasteiger partial charge in [0.1, 0.15) is 5.52 Å². The summed E-state index contributed by atoms with van der Waals surface area (Å²) in [7, 11) is 0. The van der Waals surface area contributed by atoms with E-state index >= 15 is 0 Å². The minimum atomic E-state index is 0.430. The fraction of sp³-hybridized carbons (Fsp3) is 0.474. The third-order valence-electron chi connectivity index (χ3n) is 5.25. The number of piperidine rings is 1. The highest BCUT2D eigenvalue weighted by atomic mass is 79.9. The Bertz CT molecular complexity index is 939. The average molecular weight is 429 g/mol. The number of fused-ring (bicyclic) bond motifs is 1. The lowest BCUT2D eigenvalue weighted by Gasteiger charge is -2.33. The van der Waals surface area contributed by atoms with Gasteiger partial charge in [-0.05, 0) is 47.7 Å². The Morgan fingerprint density at radius 1 is 1.15 bits per heavy atom. The number of hydrogen-bond donors (Lipinski definition) is 0. The number of halogens is 1. The van der Waals surface area contributed by atoms with Crippen molar-refractivity contribution in [3.05, 3.63) is 41.0 Å². The number of rotatable bonds is 5. The number of aromatic nitrogens is 5. The molecule has 4 heterocycles. The van der Waals surface area contributed by atoms with Crippen molar-refractivity contribution in [1.29, 1.82) is 0 Å². The Labute approximate surface area is 165 Å². The first kappa shape index (κ1) is 16.9. The van der Waals surface area contributed by atoms with E-state index in [2.05, 4.69) is 41.8 Å². The minimum Gasteiger partial charge on any atom is -0.463 e. The van der Waals surface area contributed by atoms with Gasteiger partial charge >= 0.3 is 6.01 Å². The van der Waals surface area contributed by atoms with Gasteiger partial charge < -0.3 is 9.64 Å². The van der Waals surface area contributed by atoms with Gasteiger partial charge in [0.05, 0.1) is 16.8 Å². The molecule has 1 aliphatic heterocycles. The first-order valence-corrected chi connectivity index (χ1v) is 10.2. The maximum Gasteiger partial charge on any atom is 0.316 e. The molecule has 2 aliphatic rings. The zero-order valence-corrected chi connectivity index (χ0v) is 16.5. The van der Waals surface area contributed by atoms with Crippen LogP contribution in [0.3, 0.4) is 0 Å². The second-order valence-electron chi connectivity index (χ2n) is 7.37. The van der Waals surface area contributed by atoms with Crippen LogP contribution < -0.4 is 9.64 Å². The van der Waals surface area contributed by atoms with E-state index in [-0.39, 0.29) is 0 Å². The molecule has 1 saturated heterocycles. The summed E-state index contributed by atoms with van der Waals surface area (Å²) in [5.41, 5.74) is 2.31. The Balaban J connectivity index is 1.30. The molecule has 3 aromatic heterocycles. The first-order valence-electron chi connectivity index (χ1n) is 9.46. The molecule has 2 fully saturated rings. The summed E-state index contributed by atoms with van der Waals surface area (Å²) < 4.78 is 8.64. The second-order valence-corrected chi connectivity index (χ2v) is 8.29. The Morgan fingerprint density at radius 2 is 2.00 bits per heavy atom. The van der Waals surface area contributed by atoms with Crippen LogP contribution in [0.15, 0.2) is 35.3 Å². The van der Waals surface area contributed by atoms with E-state index in [0.29, 0.717) is 24.5 Å². The summed E-state index contributed by atoms with van der Waals surface area (Å²) >= 11 is 3.34. The van der Waals surface area contributed by atoms with Crippen LogP contribution in [-0.4, -0.2) is 44.3 Å². The van der Waals surface area contributed by atoms with Crippen LogP contribution in [0.1, 0.15) is 37.3 Å². The maximum absolute atomic E-state index is 5.81. The molecule has 0 radical (unpaired) electrons. The van der Waals surface area contributed by atoms with Crippen molar-refractivity contribution in [3.8, 4) is 6.01 Å². The molecule has 1 unspecified atom stereocenters. The summed E-state index contributed by atoms with van der Waals surface area (Å²) in [5, 5.41) is 4.74. The molecule has 0 aromatic carbocycles. The van der Waals surface area contributed by atoms with Gasteiger partial charge in [-0.1, -0.05) is 0 Å². The van der Waals surface area contributed by atoms with Gasteiger partial charge in [-0.2, -0.15) is 5.10 Å². The smallest absolute Gasteiger partial charge is 0.316 e. The van der Waals surface area contributed by atoms with Gasteiger partial charge in [-0.15, -0.1) is 0 Å². The average Bonchev–Trinajstić information content (AvgIpc) is 3.46. The van der Waals surface area contributed by atoms with Gasteiger partial charge in [0.2, 0.25) is 0 Å². The van der Waals surface area contributed by atoms with Crippen LogP contribution >= 0.6 is 15.9 Å². The van der Waals surface area contributed by atoms with E-state index in [1.807, 2.05) is 16.9 Å².